The molecular weight excluding hydrogens is 332 g/mol. The van der Waals surface area contributed by atoms with Gasteiger partial charge in [0.15, 0.2) is 0 Å². The topological polar surface area (TPSA) is 51.2 Å². The first-order valence-corrected chi connectivity index (χ1v) is 8.83. The van der Waals surface area contributed by atoms with Crippen molar-refractivity contribution in [2.45, 2.75) is 6.92 Å². The van der Waals surface area contributed by atoms with Crippen LogP contribution in [0.4, 0.5) is 5.69 Å². The summed E-state index contributed by atoms with van der Waals surface area (Å²) in [4.78, 5) is 16.9. The maximum atomic E-state index is 12.5. The molecule has 2 aromatic carbocycles. The molecule has 25 heavy (non-hydrogen) atoms. The number of thiazole rings is 1. The van der Waals surface area contributed by atoms with Crippen molar-refractivity contribution in [2.24, 2.45) is 0 Å². The van der Waals surface area contributed by atoms with Crippen LogP contribution in [0.15, 0.2) is 59.5 Å². The first-order valence-electron chi connectivity index (χ1n) is 7.95. The Kier molecular flexibility index (Phi) is 4.07. The third-order valence-electron chi connectivity index (χ3n) is 3.98. The molecule has 0 bridgehead atoms. The van der Waals surface area contributed by atoms with Gasteiger partial charge >= 0.3 is 0 Å². The Balaban J connectivity index is 1.49. The Morgan fingerprint density at radius 3 is 2.72 bits per heavy atom. The van der Waals surface area contributed by atoms with Crippen LogP contribution in [0.2, 0.25) is 0 Å². The molecule has 5 heteroatoms. The van der Waals surface area contributed by atoms with Gasteiger partial charge in [-0.2, -0.15) is 0 Å². The molecule has 0 aliphatic carbocycles. The van der Waals surface area contributed by atoms with Crippen molar-refractivity contribution >= 4 is 29.0 Å². The zero-order chi connectivity index (χ0) is 17.2. The summed E-state index contributed by atoms with van der Waals surface area (Å²) < 4.78 is 5.64. The van der Waals surface area contributed by atoms with Gasteiger partial charge in [0.05, 0.1) is 16.3 Å². The minimum absolute atomic E-state index is 0.147. The number of aromatic nitrogens is 1. The largest absolute Gasteiger partial charge is 0.488 e. The van der Waals surface area contributed by atoms with Crippen LogP contribution >= 0.6 is 11.3 Å². The van der Waals surface area contributed by atoms with Crippen LogP contribution < -0.4 is 10.1 Å². The number of aryl methyl sites for hydroxylation is 1. The SMILES string of the molecule is Cc1nc(-c2ccc(NC(=O)C3=Cc4ccccc4OC3)cc2)cs1. The number of nitrogens with one attached hydrogen (secondary N) is 1. The molecule has 0 unspecified atom stereocenters. The van der Waals surface area contributed by atoms with E-state index in [4.69, 9.17) is 4.74 Å². The number of para-hydroxylation sites is 1. The lowest BCUT2D eigenvalue weighted by atomic mass is 10.1. The third kappa shape index (κ3) is 3.32. The third-order valence-corrected chi connectivity index (χ3v) is 4.75. The number of nitrogens with zero attached hydrogens (tertiary/aromatic N) is 1. The van der Waals surface area contributed by atoms with Crippen molar-refractivity contribution in [1.82, 2.24) is 4.98 Å². The van der Waals surface area contributed by atoms with Crippen molar-refractivity contribution in [2.75, 3.05) is 11.9 Å². The second-order valence-corrected chi connectivity index (χ2v) is 6.84. The Labute approximate surface area is 149 Å². The van der Waals surface area contributed by atoms with Crippen LogP contribution in [-0.4, -0.2) is 17.5 Å². The summed E-state index contributed by atoms with van der Waals surface area (Å²) in [6.07, 6.45) is 1.88. The molecule has 0 saturated heterocycles. The van der Waals surface area contributed by atoms with Gasteiger partial charge in [-0.25, -0.2) is 4.98 Å². The number of amides is 1. The maximum absolute atomic E-state index is 12.5. The van der Waals surface area contributed by atoms with Crippen molar-refractivity contribution in [1.29, 1.82) is 0 Å². The number of hydrogen-bond donors (Lipinski definition) is 1. The zero-order valence-electron chi connectivity index (χ0n) is 13.7. The molecule has 2 heterocycles. The summed E-state index contributed by atoms with van der Waals surface area (Å²) in [5.74, 6) is 0.661. The highest BCUT2D eigenvalue weighted by Gasteiger charge is 2.17. The summed E-state index contributed by atoms with van der Waals surface area (Å²) in [6, 6.07) is 15.4. The van der Waals surface area contributed by atoms with E-state index in [9.17, 15) is 4.79 Å². The Hall–Kier alpha value is -2.92. The molecule has 0 saturated carbocycles. The van der Waals surface area contributed by atoms with Crippen LogP contribution in [0.25, 0.3) is 17.3 Å². The monoisotopic (exact) mass is 348 g/mol. The van der Waals surface area contributed by atoms with Crippen molar-refractivity contribution in [3.63, 3.8) is 0 Å². The van der Waals surface area contributed by atoms with Crippen molar-refractivity contribution < 1.29 is 9.53 Å². The average molecular weight is 348 g/mol. The minimum Gasteiger partial charge on any atom is -0.488 e. The molecule has 1 aliphatic rings. The van der Waals surface area contributed by atoms with Gasteiger partial charge in [-0.15, -0.1) is 11.3 Å². The summed E-state index contributed by atoms with van der Waals surface area (Å²) in [5.41, 5.74) is 4.28. The molecule has 1 aliphatic heterocycles. The lowest BCUT2D eigenvalue weighted by Gasteiger charge is -2.17. The Morgan fingerprint density at radius 1 is 1.16 bits per heavy atom. The average Bonchev–Trinajstić information content (AvgIpc) is 3.08. The lowest BCUT2D eigenvalue weighted by Crippen LogP contribution is -2.21. The molecule has 124 valence electrons. The number of carbonyl (C=O) groups excluding carboxylic acids is 1. The van der Waals surface area contributed by atoms with Crippen molar-refractivity contribution in [3.05, 3.63) is 70.1 Å². The van der Waals surface area contributed by atoms with Gasteiger partial charge in [-0.1, -0.05) is 30.3 Å². The van der Waals surface area contributed by atoms with Crippen LogP contribution in [0, 0.1) is 6.92 Å². The normalized spacial score (nSPS) is 12.8. The highest BCUT2D eigenvalue weighted by Crippen LogP contribution is 2.27. The van der Waals surface area contributed by atoms with E-state index in [-0.39, 0.29) is 12.5 Å². The molecular formula is C20H16N2O2S. The van der Waals surface area contributed by atoms with Gasteiger partial charge in [-0.05, 0) is 31.2 Å². The molecule has 1 N–H and O–H groups in total. The summed E-state index contributed by atoms with van der Waals surface area (Å²) in [6.45, 7) is 2.26. The molecule has 0 atom stereocenters. The van der Waals surface area contributed by atoms with Gasteiger partial charge in [0, 0.05) is 22.2 Å². The number of anilines is 1. The Bertz CT molecular complexity index is 958. The van der Waals surface area contributed by atoms with Gasteiger partial charge in [0.25, 0.3) is 5.91 Å². The summed E-state index contributed by atoms with van der Waals surface area (Å²) in [7, 11) is 0. The number of ether oxygens (including phenoxy) is 1. The van der Waals surface area contributed by atoms with Gasteiger partial charge < -0.3 is 10.1 Å². The quantitative estimate of drug-likeness (QED) is 0.756. The molecule has 4 nitrogen and oxygen atoms in total. The van der Waals surface area contributed by atoms with Crippen LogP contribution in [0.5, 0.6) is 5.75 Å². The predicted octanol–water partition coefficient (Wildman–Crippen LogP) is 4.53. The number of fused-ring (bicyclic) bond motifs is 1. The number of carbonyl (C=O) groups is 1. The van der Waals surface area contributed by atoms with E-state index in [1.807, 2.05) is 66.9 Å². The molecule has 0 radical (unpaired) electrons. The fraction of sp³-hybridized carbons (Fsp3) is 0.100. The van der Waals surface area contributed by atoms with E-state index in [1.54, 1.807) is 11.3 Å². The Morgan fingerprint density at radius 2 is 1.96 bits per heavy atom. The molecule has 0 spiro atoms. The van der Waals surface area contributed by atoms with E-state index in [1.165, 1.54) is 0 Å². The molecule has 3 aromatic rings. The standard InChI is InChI=1S/C20H16N2O2S/c1-13-21-18(12-25-13)14-6-8-17(9-7-14)22-20(23)16-10-15-4-2-3-5-19(15)24-11-16/h2-10,12H,11H2,1H3,(H,22,23). The summed E-state index contributed by atoms with van der Waals surface area (Å²) >= 11 is 1.63. The number of benzene rings is 2. The highest BCUT2D eigenvalue weighted by molar-refractivity contribution is 7.09. The second kappa shape index (κ2) is 6.53. The smallest absolute Gasteiger partial charge is 0.255 e. The molecule has 1 amide bonds. The van der Waals surface area contributed by atoms with Crippen molar-refractivity contribution in [3.8, 4) is 17.0 Å². The number of hydrogen-bond acceptors (Lipinski definition) is 4. The number of rotatable bonds is 3. The van der Waals surface area contributed by atoms with Crippen LogP contribution in [0.3, 0.4) is 0 Å². The molecule has 4 rings (SSSR count). The van der Waals surface area contributed by atoms with Gasteiger partial charge in [0.1, 0.15) is 12.4 Å². The predicted molar refractivity (Wildman–Crippen MR) is 101 cm³/mol. The van der Waals surface area contributed by atoms with Crippen LogP contribution in [0.1, 0.15) is 10.6 Å². The van der Waals surface area contributed by atoms with Crippen LogP contribution in [-0.2, 0) is 4.79 Å². The van der Waals surface area contributed by atoms with E-state index in [2.05, 4.69) is 10.3 Å². The molecule has 0 fully saturated rings. The minimum atomic E-state index is -0.147. The fourth-order valence-electron chi connectivity index (χ4n) is 2.68. The fourth-order valence-corrected chi connectivity index (χ4v) is 3.30. The summed E-state index contributed by atoms with van der Waals surface area (Å²) in [5, 5.41) is 5.99. The zero-order valence-corrected chi connectivity index (χ0v) is 14.5. The first-order chi connectivity index (χ1) is 12.2. The van der Waals surface area contributed by atoms with E-state index in [0.717, 1.165) is 33.3 Å². The van der Waals surface area contributed by atoms with E-state index < -0.39 is 0 Å². The van der Waals surface area contributed by atoms with Gasteiger partial charge in [0.2, 0.25) is 0 Å². The molecule has 1 aromatic heterocycles. The van der Waals surface area contributed by atoms with Gasteiger partial charge in [-0.3, -0.25) is 4.79 Å². The maximum Gasteiger partial charge on any atom is 0.255 e. The van der Waals surface area contributed by atoms with E-state index >= 15 is 0 Å². The highest BCUT2D eigenvalue weighted by atomic mass is 32.1. The lowest BCUT2D eigenvalue weighted by molar-refractivity contribution is -0.113. The van der Waals surface area contributed by atoms with E-state index in [0.29, 0.717) is 5.57 Å². The first kappa shape index (κ1) is 15.6. The second-order valence-electron chi connectivity index (χ2n) is 5.78.